The zero-order chi connectivity index (χ0) is 23.0. The summed E-state index contributed by atoms with van der Waals surface area (Å²) in [5, 5.41) is 12.5. The van der Waals surface area contributed by atoms with Crippen LogP contribution in [0, 0.1) is 0 Å². The van der Waals surface area contributed by atoms with Crippen molar-refractivity contribution in [3.63, 3.8) is 0 Å². The van der Waals surface area contributed by atoms with Gasteiger partial charge in [-0.3, -0.25) is 9.36 Å². The highest BCUT2D eigenvalue weighted by Gasteiger charge is 2.26. The normalized spacial score (nSPS) is 14.7. The Morgan fingerprint density at radius 1 is 1.06 bits per heavy atom. The van der Waals surface area contributed by atoms with Crippen molar-refractivity contribution in [1.29, 1.82) is 0 Å². The molecule has 1 saturated heterocycles. The van der Waals surface area contributed by atoms with E-state index in [9.17, 15) is 4.79 Å². The molecule has 0 saturated carbocycles. The van der Waals surface area contributed by atoms with Crippen molar-refractivity contribution in [2.45, 2.75) is 43.0 Å². The molecular formula is C25H31N5O2S. The standard InChI is InChI=1S/C25H31N5O2S/c1-19(23(31)26-16-15-20-11-5-3-6-12-20)33-25-28-27-24(29-17-9-4-10-18-29)30(25)21-13-7-8-14-22(21)32-2/h3,5-8,11-14,19H,4,9-10,15-18H2,1-2H3,(H,26,31). The number of rotatable bonds is 9. The molecule has 2 aromatic carbocycles. The predicted octanol–water partition coefficient (Wildman–Crippen LogP) is 4.11. The van der Waals surface area contributed by atoms with Crippen LogP contribution in [0.2, 0.25) is 0 Å². The summed E-state index contributed by atoms with van der Waals surface area (Å²) in [5.74, 6) is 1.54. The largest absolute Gasteiger partial charge is 0.495 e. The first kappa shape index (κ1) is 23.2. The van der Waals surface area contributed by atoms with Crippen LogP contribution in [-0.4, -0.2) is 52.7 Å². The number of methoxy groups -OCH3 is 1. The third kappa shape index (κ3) is 5.68. The second-order valence-electron chi connectivity index (χ2n) is 8.12. The van der Waals surface area contributed by atoms with Crippen LogP contribution in [0.15, 0.2) is 59.8 Å². The first-order valence-corrected chi connectivity index (χ1v) is 12.4. The van der Waals surface area contributed by atoms with E-state index in [1.807, 2.05) is 54.0 Å². The Balaban J connectivity index is 1.51. The monoisotopic (exact) mass is 465 g/mol. The van der Waals surface area contributed by atoms with Crippen LogP contribution in [0.1, 0.15) is 31.7 Å². The maximum atomic E-state index is 12.8. The van der Waals surface area contributed by atoms with Crippen LogP contribution >= 0.6 is 11.8 Å². The van der Waals surface area contributed by atoms with Crippen LogP contribution < -0.4 is 15.0 Å². The summed E-state index contributed by atoms with van der Waals surface area (Å²) in [4.78, 5) is 15.1. The number of anilines is 1. The minimum absolute atomic E-state index is 0.00923. The number of amides is 1. The highest BCUT2D eigenvalue weighted by molar-refractivity contribution is 8.00. The van der Waals surface area contributed by atoms with E-state index in [-0.39, 0.29) is 11.2 Å². The fourth-order valence-corrected chi connectivity index (χ4v) is 4.87. The molecule has 174 valence electrons. The quantitative estimate of drug-likeness (QED) is 0.480. The van der Waals surface area contributed by atoms with E-state index in [1.54, 1.807) is 7.11 Å². The zero-order valence-corrected chi connectivity index (χ0v) is 20.1. The second kappa shape index (κ2) is 11.2. The SMILES string of the molecule is COc1ccccc1-n1c(SC(C)C(=O)NCCc2ccccc2)nnc1N1CCCCC1. The second-order valence-corrected chi connectivity index (χ2v) is 9.43. The van der Waals surface area contributed by atoms with E-state index in [0.29, 0.717) is 11.7 Å². The molecule has 0 radical (unpaired) electrons. The van der Waals surface area contributed by atoms with Crippen molar-refractivity contribution in [3.05, 3.63) is 60.2 Å². The number of para-hydroxylation sites is 2. The fourth-order valence-electron chi connectivity index (χ4n) is 3.99. The molecule has 3 aromatic rings. The van der Waals surface area contributed by atoms with Crippen molar-refractivity contribution in [3.8, 4) is 11.4 Å². The van der Waals surface area contributed by atoms with Gasteiger partial charge >= 0.3 is 0 Å². The number of aromatic nitrogens is 3. The Kier molecular flexibility index (Phi) is 7.88. The minimum Gasteiger partial charge on any atom is -0.495 e. The Morgan fingerprint density at radius 3 is 2.55 bits per heavy atom. The first-order chi connectivity index (χ1) is 16.2. The number of thioether (sulfide) groups is 1. The Hall–Kier alpha value is -3.00. The predicted molar refractivity (Wildman–Crippen MR) is 132 cm³/mol. The number of ether oxygens (including phenoxy) is 1. The lowest BCUT2D eigenvalue weighted by Crippen LogP contribution is -2.33. The topological polar surface area (TPSA) is 72.3 Å². The summed E-state index contributed by atoms with van der Waals surface area (Å²) < 4.78 is 7.66. The summed E-state index contributed by atoms with van der Waals surface area (Å²) in [6, 6.07) is 18.0. The summed E-state index contributed by atoms with van der Waals surface area (Å²) in [6.45, 7) is 4.41. The minimum atomic E-state index is -0.312. The molecule has 4 rings (SSSR count). The van der Waals surface area contributed by atoms with Crippen molar-refractivity contribution in [1.82, 2.24) is 20.1 Å². The van der Waals surface area contributed by atoms with Gasteiger partial charge in [-0.2, -0.15) is 0 Å². The molecular weight excluding hydrogens is 434 g/mol. The Labute approximate surface area is 199 Å². The van der Waals surface area contributed by atoms with Gasteiger partial charge in [0.1, 0.15) is 5.75 Å². The highest BCUT2D eigenvalue weighted by Crippen LogP contribution is 2.34. The fraction of sp³-hybridized carbons (Fsp3) is 0.400. The van der Waals surface area contributed by atoms with Crippen molar-refractivity contribution in [2.75, 3.05) is 31.6 Å². The van der Waals surface area contributed by atoms with Crippen molar-refractivity contribution < 1.29 is 9.53 Å². The van der Waals surface area contributed by atoms with Gasteiger partial charge in [-0.1, -0.05) is 54.2 Å². The third-order valence-electron chi connectivity index (χ3n) is 5.79. The summed E-state index contributed by atoms with van der Waals surface area (Å²) in [6.07, 6.45) is 4.32. The summed E-state index contributed by atoms with van der Waals surface area (Å²) in [7, 11) is 1.67. The van der Waals surface area contributed by atoms with Gasteiger partial charge in [-0.25, -0.2) is 0 Å². The lowest BCUT2D eigenvalue weighted by molar-refractivity contribution is -0.120. The van der Waals surface area contributed by atoms with Crippen LogP contribution in [0.3, 0.4) is 0 Å². The van der Waals surface area contributed by atoms with Gasteiger partial charge < -0.3 is 15.0 Å². The number of carbonyl (C=O) groups excluding carboxylic acids is 1. The van der Waals surface area contributed by atoms with Gasteiger partial charge in [-0.05, 0) is 50.3 Å². The average molecular weight is 466 g/mol. The molecule has 1 atom stereocenters. The van der Waals surface area contributed by atoms with Gasteiger partial charge in [0.15, 0.2) is 5.16 Å². The van der Waals surface area contributed by atoms with E-state index in [1.165, 1.54) is 23.7 Å². The summed E-state index contributed by atoms with van der Waals surface area (Å²) >= 11 is 1.42. The van der Waals surface area contributed by atoms with E-state index < -0.39 is 0 Å². The van der Waals surface area contributed by atoms with E-state index >= 15 is 0 Å². The molecule has 1 amide bonds. The third-order valence-corrected chi connectivity index (χ3v) is 6.83. The van der Waals surface area contributed by atoms with Gasteiger partial charge in [-0.15, -0.1) is 10.2 Å². The van der Waals surface area contributed by atoms with Gasteiger partial charge in [0.05, 0.1) is 18.0 Å². The van der Waals surface area contributed by atoms with Gasteiger partial charge in [0, 0.05) is 19.6 Å². The highest BCUT2D eigenvalue weighted by atomic mass is 32.2. The van der Waals surface area contributed by atoms with Gasteiger partial charge in [0.2, 0.25) is 11.9 Å². The van der Waals surface area contributed by atoms with E-state index in [4.69, 9.17) is 4.74 Å². The molecule has 0 spiro atoms. The Bertz CT molecular complexity index is 1050. The molecule has 1 aliphatic rings. The molecule has 8 heteroatoms. The van der Waals surface area contributed by atoms with Gasteiger partial charge in [0.25, 0.3) is 0 Å². The number of carbonyl (C=O) groups is 1. The molecule has 1 fully saturated rings. The number of benzene rings is 2. The molecule has 2 heterocycles. The van der Waals surface area contributed by atoms with Crippen molar-refractivity contribution >= 4 is 23.6 Å². The summed E-state index contributed by atoms with van der Waals surface area (Å²) in [5.41, 5.74) is 2.09. The number of piperidine rings is 1. The van der Waals surface area contributed by atoms with Crippen LogP contribution in [0.5, 0.6) is 5.75 Å². The molecule has 7 nitrogen and oxygen atoms in total. The van der Waals surface area contributed by atoms with Crippen molar-refractivity contribution in [2.24, 2.45) is 0 Å². The number of nitrogens with one attached hydrogen (secondary N) is 1. The molecule has 1 N–H and O–H groups in total. The maximum Gasteiger partial charge on any atom is 0.233 e. The lowest BCUT2D eigenvalue weighted by atomic mass is 10.1. The van der Waals surface area contributed by atoms with E-state index in [2.05, 4.69) is 32.5 Å². The number of hydrogen-bond donors (Lipinski definition) is 1. The molecule has 1 aromatic heterocycles. The molecule has 0 bridgehead atoms. The number of hydrogen-bond acceptors (Lipinski definition) is 6. The molecule has 0 aliphatic carbocycles. The average Bonchev–Trinajstić information content (AvgIpc) is 3.28. The molecule has 33 heavy (non-hydrogen) atoms. The smallest absolute Gasteiger partial charge is 0.233 e. The van der Waals surface area contributed by atoms with Crippen LogP contribution in [0.25, 0.3) is 5.69 Å². The van der Waals surface area contributed by atoms with Crippen LogP contribution in [-0.2, 0) is 11.2 Å². The van der Waals surface area contributed by atoms with E-state index in [0.717, 1.165) is 49.7 Å². The molecule has 1 unspecified atom stereocenters. The maximum absolute atomic E-state index is 12.8. The lowest BCUT2D eigenvalue weighted by Gasteiger charge is -2.28. The number of nitrogens with zero attached hydrogens (tertiary/aromatic N) is 4. The Morgan fingerprint density at radius 2 is 1.79 bits per heavy atom. The molecule has 1 aliphatic heterocycles. The first-order valence-electron chi connectivity index (χ1n) is 11.5. The van der Waals surface area contributed by atoms with Crippen LogP contribution in [0.4, 0.5) is 5.95 Å². The zero-order valence-electron chi connectivity index (χ0n) is 19.2.